The zero-order chi connectivity index (χ0) is 14.0. The number of hydrogen-bond donors (Lipinski definition) is 2. The molecule has 0 bridgehead atoms. The molecule has 0 saturated carbocycles. The molecule has 2 rings (SSSR count). The minimum absolute atomic E-state index is 0.0411. The monoisotopic (exact) mass is 264 g/mol. The van der Waals surface area contributed by atoms with Crippen LogP contribution >= 0.6 is 0 Å². The molecule has 1 saturated heterocycles. The molecule has 0 spiro atoms. The molecule has 1 fully saturated rings. The van der Waals surface area contributed by atoms with E-state index in [1.165, 1.54) is 0 Å². The van der Waals surface area contributed by atoms with Gasteiger partial charge >= 0.3 is 5.97 Å². The molecule has 2 heterocycles. The Hall–Kier alpha value is -1.78. The van der Waals surface area contributed by atoms with Crippen molar-refractivity contribution in [3.8, 4) is 0 Å². The summed E-state index contributed by atoms with van der Waals surface area (Å²) in [4.78, 5) is 28.3. The summed E-state index contributed by atoms with van der Waals surface area (Å²) in [7, 11) is 0. The predicted molar refractivity (Wildman–Crippen MR) is 71.6 cm³/mol. The first kappa shape index (κ1) is 13.6. The third-order valence-electron chi connectivity index (χ3n) is 3.76. The summed E-state index contributed by atoms with van der Waals surface area (Å²) in [6.07, 6.45) is 4.38. The molecule has 1 aromatic heterocycles. The highest BCUT2D eigenvalue weighted by Crippen LogP contribution is 2.21. The van der Waals surface area contributed by atoms with Gasteiger partial charge in [0, 0.05) is 18.8 Å². The van der Waals surface area contributed by atoms with Gasteiger partial charge in [0.05, 0.1) is 5.56 Å². The SMILES string of the molecule is Cc1[nH]c(C(=O)O)c(C)c1C(=O)N1CCCCCC1. The van der Waals surface area contributed by atoms with Gasteiger partial charge in [-0.2, -0.15) is 0 Å². The molecule has 0 aromatic carbocycles. The number of amides is 1. The molecule has 0 radical (unpaired) electrons. The van der Waals surface area contributed by atoms with E-state index in [1.807, 2.05) is 4.90 Å². The molecule has 5 nitrogen and oxygen atoms in total. The molecule has 1 aliphatic heterocycles. The number of carboxylic acids is 1. The standard InChI is InChI=1S/C14H20N2O3/c1-9-11(10(2)15-12(9)14(18)19)13(17)16-7-5-3-4-6-8-16/h15H,3-8H2,1-2H3,(H,18,19). The molecule has 5 heteroatoms. The molecule has 0 unspecified atom stereocenters. The number of nitrogens with zero attached hydrogens (tertiary/aromatic N) is 1. The third-order valence-corrected chi connectivity index (χ3v) is 3.76. The van der Waals surface area contributed by atoms with E-state index in [2.05, 4.69) is 4.98 Å². The van der Waals surface area contributed by atoms with Crippen LogP contribution in [0.5, 0.6) is 0 Å². The van der Waals surface area contributed by atoms with E-state index in [0.717, 1.165) is 38.8 Å². The number of aromatic carboxylic acids is 1. The summed E-state index contributed by atoms with van der Waals surface area (Å²) in [6.45, 7) is 4.99. The van der Waals surface area contributed by atoms with Crippen molar-refractivity contribution >= 4 is 11.9 Å². The Balaban J connectivity index is 2.30. The molecule has 1 aromatic rings. The fourth-order valence-corrected chi connectivity index (χ4v) is 2.72. The molecule has 104 valence electrons. The minimum Gasteiger partial charge on any atom is -0.477 e. The van der Waals surface area contributed by atoms with Gasteiger partial charge in [-0.05, 0) is 32.3 Å². The number of carbonyl (C=O) groups is 2. The Morgan fingerprint density at radius 2 is 1.68 bits per heavy atom. The van der Waals surface area contributed by atoms with E-state index in [1.54, 1.807) is 13.8 Å². The lowest BCUT2D eigenvalue weighted by Crippen LogP contribution is -2.32. The van der Waals surface area contributed by atoms with E-state index in [9.17, 15) is 9.59 Å². The molecule has 0 aliphatic carbocycles. The van der Waals surface area contributed by atoms with Gasteiger partial charge in [-0.3, -0.25) is 4.79 Å². The van der Waals surface area contributed by atoms with Crippen LogP contribution in [0.3, 0.4) is 0 Å². The van der Waals surface area contributed by atoms with Crippen LogP contribution < -0.4 is 0 Å². The molecular formula is C14H20N2O3. The van der Waals surface area contributed by atoms with Crippen molar-refractivity contribution in [3.63, 3.8) is 0 Å². The number of aryl methyl sites for hydroxylation is 1. The Labute approximate surface area is 112 Å². The van der Waals surface area contributed by atoms with Crippen molar-refractivity contribution in [2.75, 3.05) is 13.1 Å². The van der Waals surface area contributed by atoms with E-state index < -0.39 is 5.97 Å². The fraction of sp³-hybridized carbons (Fsp3) is 0.571. The van der Waals surface area contributed by atoms with Crippen molar-refractivity contribution in [1.82, 2.24) is 9.88 Å². The van der Waals surface area contributed by atoms with Gasteiger partial charge < -0.3 is 15.0 Å². The maximum Gasteiger partial charge on any atom is 0.352 e. The highest BCUT2D eigenvalue weighted by Gasteiger charge is 2.25. The third kappa shape index (κ3) is 2.64. The second-order valence-corrected chi connectivity index (χ2v) is 5.14. The number of aromatic nitrogens is 1. The zero-order valence-electron chi connectivity index (χ0n) is 11.5. The first-order valence-corrected chi connectivity index (χ1v) is 6.74. The lowest BCUT2D eigenvalue weighted by Gasteiger charge is -2.20. The van der Waals surface area contributed by atoms with E-state index in [4.69, 9.17) is 5.11 Å². The average Bonchev–Trinajstić information content (AvgIpc) is 2.58. The number of rotatable bonds is 2. The Kier molecular flexibility index (Phi) is 3.93. The quantitative estimate of drug-likeness (QED) is 0.861. The average molecular weight is 264 g/mol. The largest absolute Gasteiger partial charge is 0.477 e. The normalized spacial score (nSPS) is 16.2. The van der Waals surface area contributed by atoms with Crippen LogP contribution in [0, 0.1) is 13.8 Å². The second-order valence-electron chi connectivity index (χ2n) is 5.14. The molecule has 1 aliphatic rings. The Morgan fingerprint density at radius 3 is 2.16 bits per heavy atom. The van der Waals surface area contributed by atoms with Crippen LogP contribution in [0.2, 0.25) is 0 Å². The van der Waals surface area contributed by atoms with Crippen LogP contribution in [-0.2, 0) is 0 Å². The number of likely N-dealkylation sites (tertiary alicyclic amines) is 1. The molecular weight excluding hydrogens is 244 g/mol. The van der Waals surface area contributed by atoms with Crippen LogP contribution in [0.15, 0.2) is 0 Å². The number of H-pyrrole nitrogens is 1. The summed E-state index contributed by atoms with van der Waals surface area (Å²) >= 11 is 0. The summed E-state index contributed by atoms with van der Waals surface area (Å²) in [5.74, 6) is -1.06. The van der Waals surface area contributed by atoms with Crippen LogP contribution in [0.25, 0.3) is 0 Å². The van der Waals surface area contributed by atoms with Crippen molar-refractivity contribution in [2.45, 2.75) is 39.5 Å². The smallest absolute Gasteiger partial charge is 0.352 e. The molecule has 2 N–H and O–H groups in total. The lowest BCUT2D eigenvalue weighted by atomic mass is 10.1. The van der Waals surface area contributed by atoms with Gasteiger partial charge in [-0.15, -0.1) is 0 Å². The van der Waals surface area contributed by atoms with Gasteiger partial charge in [-0.25, -0.2) is 4.79 Å². The molecule has 1 amide bonds. The van der Waals surface area contributed by atoms with Gasteiger partial charge in [0.15, 0.2) is 0 Å². The Bertz CT molecular complexity index is 497. The number of carboxylic acid groups (broad SMARTS) is 1. The van der Waals surface area contributed by atoms with E-state index >= 15 is 0 Å². The molecule has 19 heavy (non-hydrogen) atoms. The summed E-state index contributed by atoms with van der Waals surface area (Å²) in [6, 6.07) is 0. The topological polar surface area (TPSA) is 73.4 Å². The minimum atomic E-state index is -1.02. The highest BCUT2D eigenvalue weighted by molar-refractivity contribution is 6.00. The highest BCUT2D eigenvalue weighted by atomic mass is 16.4. The van der Waals surface area contributed by atoms with Crippen molar-refractivity contribution in [2.24, 2.45) is 0 Å². The number of aromatic amines is 1. The van der Waals surface area contributed by atoms with Gasteiger partial charge in [0.2, 0.25) is 0 Å². The maximum atomic E-state index is 12.5. The zero-order valence-corrected chi connectivity index (χ0v) is 11.5. The summed E-state index contributed by atoms with van der Waals surface area (Å²) < 4.78 is 0. The van der Waals surface area contributed by atoms with Crippen LogP contribution in [0.4, 0.5) is 0 Å². The first-order chi connectivity index (χ1) is 9.02. The first-order valence-electron chi connectivity index (χ1n) is 6.74. The second kappa shape index (κ2) is 5.47. The van der Waals surface area contributed by atoms with Crippen LogP contribution in [0.1, 0.15) is 57.8 Å². The van der Waals surface area contributed by atoms with Crippen LogP contribution in [-0.4, -0.2) is 40.0 Å². The van der Waals surface area contributed by atoms with E-state index in [0.29, 0.717) is 16.8 Å². The maximum absolute atomic E-state index is 12.5. The number of hydrogen-bond acceptors (Lipinski definition) is 2. The van der Waals surface area contributed by atoms with Crippen molar-refractivity contribution < 1.29 is 14.7 Å². The Morgan fingerprint density at radius 1 is 1.11 bits per heavy atom. The van der Waals surface area contributed by atoms with Gasteiger partial charge in [0.1, 0.15) is 5.69 Å². The predicted octanol–water partition coefficient (Wildman–Crippen LogP) is 2.35. The van der Waals surface area contributed by atoms with Crippen molar-refractivity contribution in [3.05, 3.63) is 22.5 Å². The number of carbonyl (C=O) groups excluding carboxylic acids is 1. The van der Waals surface area contributed by atoms with E-state index in [-0.39, 0.29) is 11.6 Å². The van der Waals surface area contributed by atoms with Gasteiger partial charge in [0.25, 0.3) is 5.91 Å². The van der Waals surface area contributed by atoms with Gasteiger partial charge in [-0.1, -0.05) is 12.8 Å². The lowest BCUT2D eigenvalue weighted by molar-refractivity contribution is 0.0690. The fourth-order valence-electron chi connectivity index (χ4n) is 2.72. The van der Waals surface area contributed by atoms with Crippen molar-refractivity contribution in [1.29, 1.82) is 0 Å². The molecule has 0 atom stereocenters. The summed E-state index contributed by atoms with van der Waals surface area (Å²) in [5, 5.41) is 9.08. The number of nitrogens with one attached hydrogen (secondary N) is 1. The summed E-state index contributed by atoms with van der Waals surface area (Å²) in [5.41, 5.74) is 1.83.